The molecule has 1 rings (SSSR count). The Bertz CT molecular complexity index is 476. The maximum absolute atomic E-state index is 11.6. The second-order valence-corrected chi connectivity index (χ2v) is 4.41. The molecule has 3 N–H and O–H groups in total. The van der Waals surface area contributed by atoms with Crippen LogP contribution in [0, 0.1) is 0 Å². The lowest BCUT2D eigenvalue weighted by molar-refractivity contribution is -0.141. The van der Waals surface area contributed by atoms with Crippen molar-refractivity contribution >= 4 is 17.6 Å². The Kier molecular flexibility index (Phi) is 4.86. The van der Waals surface area contributed by atoms with Crippen LogP contribution in [0.2, 0.25) is 0 Å². The topological polar surface area (TPSA) is 91.3 Å². The third-order valence-corrected chi connectivity index (χ3v) is 2.93. The number of carbonyl (C=O) groups is 2. The molecule has 0 saturated heterocycles. The molecule has 1 aromatic heterocycles. The smallest absolute Gasteiger partial charge is 0.329 e. The second-order valence-electron chi connectivity index (χ2n) is 4.41. The summed E-state index contributed by atoms with van der Waals surface area (Å²) in [6, 6.07) is 3.18. The lowest BCUT2D eigenvalue weighted by Gasteiger charge is -2.25. The zero-order valence-electron chi connectivity index (χ0n) is 11.4. The molecular weight excluding hydrogens is 246 g/mol. The van der Waals surface area contributed by atoms with E-state index in [4.69, 9.17) is 0 Å². The van der Waals surface area contributed by atoms with E-state index in [-0.39, 0.29) is 11.6 Å². The summed E-state index contributed by atoms with van der Waals surface area (Å²) in [5, 5.41) is 14.8. The number of nitrogens with one attached hydrogen (secondary N) is 2. The van der Waals surface area contributed by atoms with E-state index in [2.05, 4.69) is 15.6 Å². The Balaban J connectivity index is 2.94. The summed E-state index contributed by atoms with van der Waals surface area (Å²) < 4.78 is 0. The molecule has 0 aliphatic heterocycles. The first-order chi connectivity index (χ1) is 8.92. The van der Waals surface area contributed by atoms with Crippen molar-refractivity contribution in [2.75, 3.05) is 11.9 Å². The minimum atomic E-state index is -1.07. The van der Waals surface area contributed by atoms with Gasteiger partial charge in [0.1, 0.15) is 11.2 Å². The SMILES string of the molecule is CCNC(=O)c1cc(NC(C)(CC)C(=O)O)ccn1. The van der Waals surface area contributed by atoms with Gasteiger partial charge >= 0.3 is 5.97 Å². The van der Waals surface area contributed by atoms with Gasteiger partial charge in [-0.2, -0.15) is 0 Å². The molecule has 0 saturated carbocycles. The number of nitrogens with zero attached hydrogens (tertiary/aromatic N) is 1. The number of hydrogen-bond donors (Lipinski definition) is 3. The van der Waals surface area contributed by atoms with Crippen LogP contribution in [0.25, 0.3) is 0 Å². The fraction of sp³-hybridized carbons (Fsp3) is 0.462. The van der Waals surface area contributed by atoms with Gasteiger partial charge in [0.25, 0.3) is 5.91 Å². The molecule has 0 fully saturated rings. The van der Waals surface area contributed by atoms with E-state index in [1.165, 1.54) is 6.20 Å². The van der Waals surface area contributed by atoms with Crippen molar-refractivity contribution in [1.82, 2.24) is 10.3 Å². The molecule has 1 atom stereocenters. The van der Waals surface area contributed by atoms with Gasteiger partial charge in [0.2, 0.25) is 0 Å². The van der Waals surface area contributed by atoms with Gasteiger partial charge in [-0.1, -0.05) is 6.92 Å². The minimum Gasteiger partial charge on any atom is -0.480 e. The van der Waals surface area contributed by atoms with E-state index in [0.717, 1.165) is 0 Å². The Morgan fingerprint density at radius 3 is 2.63 bits per heavy atom. The molecule has 6 nitrogen and oxygen atoms in total. The van der Waals surface area contributed by atoms with E-state index < -0.39 is 11.5 Å². The van der Waals surface area contributed by atoms with Gasteiger partial charge in [0.15, 0.2) is 0 Å². The van der Waals surface area contributed by atoms with Crippen LogP contribution in [0.1, 0.15) is 37.7 Å². The van der Waals surface area contributed by atoms with Crippen LogP contribution in [0.3, 0.4) is 0 Å². The van der Waals surface area contributed by atoms with E-state index in [1.54, 1.807) is 26.0 Å². The predicted molar refractivity (Wildman–Crippen MR) is 72.2 cm³/mol. The number of anilines is 1. The number of carboxylic acids is 1. The van der Waals surface area contributed by atoms with Gasteiger partial charge in [-0.15, -0.1) is 0 Å². The van der Waals surface area contributed by atoms with Crippen LogP contribution in [0.4, 0.5) is 5.69 Å². The number of amides is 1. The summed E-state index contributed by atoms with van der Waals surface area (Å²) in [7, 11) is 0. The average Bonchev–Trinajstić information content (AvgIpc) is 2.39. The van der Waals surface area contributed by atoms with E-state index >= 15 is 0 Å². The summed E-state index contributed by atoms with van der Waals surface area (Å²) >= 11 is 0. The summed E-state index contributed by atoms with van der Waals surface area (Å²) in [6.07, 6.45) is 1.89. The Labute approximate surface area is 112 Å². The van der Waals surface area contributed by atoms with Gasteiger partial charge in [-0.25, -0.2) is 4.79 Å². The van der Waals surface area contributed by atoms with Gasteiger partial charge in [-0.05, 0) is 32.4 Å². The lowest BCUT2D eigenvalue weighted by Crippen LogP contribution is -2.42. The number of aromatic nitrogens is 1. The molecule has 0 aliphatic carbocycles. The van der Waals surface area contributed by atoms with Crippen molar-refractivity contribution in [1.29, 1.82) is 0 Å². The Hall–Kier alpha value is -2.11. The molecule has 1 unspecified atom stereocenters. The van der Waals surface area contributed by atoms with Gasteiger partial charge < -0.3 is 15.7 Å². The lowest BCUT2D eigenvalue weighted by atomic mass is 9.99. The normalized spacial score (nSPS) is 13.4. The van der Waals surface area contributed by atoms with Crippen LogP contribution in [-0.4, -0.2) is 34.1 Å². The molecule has 1 heterocycles. The molecule has 104 valence electrons. The highest BCUT2D eigenvalue weighted by Gasteiger charge is 2.30. The Morgan fingerprint density at radius 2 is 2.11 bits per heavy atom. The summed E-state index contributed by atoms with van der Waals surface area (Å²) in [4.78, 5) is 26.8. The zero-order valence-corrected chi connectivity index (χ0v) is 11.4. The molecule has 1 aromatic rings. The third kappa shape index (κ3) is 3.67. The van der Waals surface area contributed by atoms with Crippen LogP contribution >= 0.6 is 0 Å². The highest BCUT2D eigenvalue weighted by Crippen LogP contribution is 2.19. The Morgan fingerprint density at radius 1 is 1.42 bits per heavy atom. The quantitative estimate of drug-likeness (QED) is 0.725. The highest BCUT2D eigenvalue weighted by atomic mass is 16.4. The van der Waals surface area contributed by atoms with Gasteiger partial charge in [-0.3, -0.25) is 9.78 Å². The van der Waals surface area contributed by atoms with Crippen molar-refractivity contribution in [3.8, 4) is 0 Å². The van der Waals surface area contributed by atoms with Crippen LogP contribution < -0.4 is 10.6 Å². The number of aliphatic carboxylic acids is 1. The van der Waals surface area contributed by atoms with Crippen LogP contribution in [0.5, 0.6) is 0 Å². The van der Waals surface area contributed by atoms with Crippen molar-refractivity contribution < 1.29 is 14.7 Å². The van der Waals surface area contributed by atoms with Crippen LogP contribution in [-0.2, 0) is 4.79 Å². The summed E-state index contributed by atoms with van der Waals surface area (Å²) in [5.74, 6) is -1.22. The number of carboxylic acid groups (broad SMARTS) is 1. The van der Waals surface area contributed by atoms with E-state index in [0.29, 0.717) is 18.7 Å². The highest BCUT2D eigenvalue weighted by molar-refractivity contribution is 5.93. The maximum atomic E-state index is 11.6. The molecule has 0 aliphatic rings. The molecule has 19 heavy (non-hydrogen) atoms. The molecule has 0 bridgehead atoms. The molecule has 6 heteroatoms. The third-order valence-electron chi connectivity index (χ3n) is 2.93. The number of hydrogen-bond acceptors (Lipinski definition) is 4. The summed E-state index contributed by atoms with van der Waals surface area (Å²) in [5.41, 5.74) is -0.251. The zero-order chi connectivity index (χ0) is 14.5. The molecule has 1 amide bonds. The minimum absolute atomic E-state index is 0.260. The molecule has 0 radical (unpaired) electrons. The first-order valence-electron chi connectivity index (χ1n) is 6.18. The standard InChI is InChI=1S/C13H19N3O3/c1-4-13(3,12(18)19)16-9-6-7-15-10(8-9)11(17)14-5-2/h6-8H,4-5H2,1-3H3,(H,14,17)(H,15,16)(H,18,19). The molecular formula is C13H19N3O3. The maximum Gasteiger partial charge on any atom is 0.329 e. The van der Waals surface area contributed by atoms with E-state index in [1.807, 2.05) is 6.92 Å². The fourth-order valence-corrected chi connectivity index (χ4v) is 1.50. The summed E-state index contributed by atoms with van der Waals surface area (Å²) in [6.45, 7) is 5.72. The van der Waals surface area contributed by atoms with Gasteiger partial charge in [0.05, 0.1) is 0 Å². The predicted octanol–water partition coefficient (Wildman–Crippen LogP) is 1.50. The first-order valence-corrected chi connectivity index (χ1v) is 6.18. The second kappa shape index (κ2) is 6.17. The van der Waals surface area contributed by atoms with Crippen molar-refractivity contribution in [3.63, 3.8) is 0 Å². The monoisotopic (exact) mass is 265 g/mol. The largest absolute Gasteiger partial charge is 0.480 e. The van der Waals surface area contributed by atoms with Crippen molar-refractivity contribution in [2.45, 2.75) is 32.7 Å². The first kappa shape index (κ1) is 14.9. The van der Waals surface area contributed by atoms with Crippen LogP contribution in [0.15, 0.2) is 18.3 Å². The van der Waals surface area contributed by atoms with Crippen molar-refractivity contribution in [3.05, 3.63) is 24.0 Å². The number of rotatable bonds is 6. The van der Waals surface area contributed by atoms with E-state index in [9.17, 15) is 14.7 Å². The molecule has 0 aromatic carbocycles. The number of pyridine rings is 1. The fourth-order valence-electron chi connectivity index (χ4n) is 1.50. The average molecular weight is 265 g/mol. The van der Waals surface area contributed by atoms with Gasteiger partial charge in [0, 0.05) is 18.4 Å². The van der Waals surface area contributed by atoms with Crippen molar-refractivity contribution in [2.24, 2.45) is 0 Å². The number of carbonyl (C=O) groups excluding carboxylic acids is 1. The molecule has 0 spiro atoms.